The predicted molar refractivity (Wildman–Crippen MR) is 111 cm³/mol. The molecule has 1 aromatic heterocycles. The molecule has 6 heteroatoms. The Morgan fingerprint density at radius 1 is 1.07 bits per heavy atom. The molecule has 2 fully saturated rings. The molecule has 1 aromatic carbocycles. The summed E-state index contributed by atoms with van der Waals surface area (Å²) in [5, 5.41) is 11.4. The first-order valence-corrected chi connectivity index (χ1v) is 10.7. The highest BCUT2D eigenvalue weighted by atomic mass is 16.2. The second-order valence-corrected chi connectivity index (χ2v) is 8.29. The highest BCUT2D eigenvalue weighted by Crippen LogP contribution is 2.28. The molecule has 0 radical (unpaired) electrons. The molecule has 0 bridgehead atoms. The number of piperidine rings is 1. The number of hydrogen-bond acceptors (Lipinski definition) is 4. The number of fused-ring (bicyclic) bond motifs is 1. The Hall–Kier alpha value is -2.34. The van der Waals surface area contributed by atoms with Crippen molar-refractivity contribution >= 4 is 17.3 Å². The summed E-state index contributed by atoms with van der Waals surface area (Å²) >= 11 is 0. The number of hydrogen-bond donors (Lipinski definition) is 2. The quantitative estimate of drug-likeness (QED) is 0.839. The minimum atomic E-state index is 0.255. The first kappa shape index (κ1) is 17.7. The standard InChI is InChI=1S/C22H29N5O/c28-22-8-3-11-27(22)18-5-1-4-17(14-18)26-12-9-16(10-13-26)23-15-21-19-6-2-7-20(19)24-25-21/h1,4-5,14,16,23H,2-3,6-13,15H2,(H,24,25). The van der Waals surface area contributed by atoms with Gasteiger partial charge in [-0.05, 0) is 62.3 Å². The monoisotopic (exact) mass is 379 g/mol. The van der Waals surface area contributed by atoms with Crippen molar-refractivity contribution < 1.29 is 4.79 Å². The van der Waals surface area contributed by atoms with Gasteiger partial charge in [0.25, 0.3) is 0 Å². The highest BCUT2D eigenvalue weighted by molar-refractivity contribution is 5.95. The molecule has 0 atom stereocenters. The molecule has 2 aromatic rings. The van der Waals surface area contributed by atoms with Gasteiger partial charge < -0.3 is 15.1 Å². The lowest BCUT2D eigenvalue weighted by Crippen LogP contribution is -2.42. The third-order valence-electron chi connectivity index (χ3n) is 6.53. The molecule has 2 N–H and O–H groups in total. The number of anilines is 2. The molecule has 1 amide bonds. The summed E-state index contributed by atoms with van der Waals surface area (Å²) in [5.41, 5.74) is 6.31. The molecule has 28 heavy (non-hydrogen) atoms. The Bertz CT molecular complexity index is 852. The Labute approximate surface area is 166 Å². The second-order valence-electron chi connectivity index (χ2n) is 8.29. The largest absolute Gasteiger partial charge is 0.371 e. The van der Waals surface area contributed by atoms with E-state index in [4.69, 9.17) is 0 Å². The van der Waals surface area contributed by atoms with Gasteiger partial charge in [-0.2, -0.15) is 5.10 Å². The maximum atomic E-state index is 12.0. The van der Waals surface area contributed by atoms with Gasteiger partial charge in [-0.1, -0.05) is 6.07 Å². The van der Waals surface area contributed by atoms with E-state index in [1.807, 2.05) is 4.90 Å². The molecule has 2 saturated heterocycles. The minimum absolute atomic E-state index is 0.255. The number of H-pyrrole nitrogens is 1. The van der Waals surface area contributed by atoms with Crippen LogP contribution in [0, 0.1) is 0 Å². The van der Waals surface area contributed by atoms with Crippen LogP contribution < -0.4 is 15.1 Å². The van der Waals surface area contributed by atoms with E-state index in [0.29, 0.717) is 12.5 Å². The third kappa shape index (κ3) is 3.41. The van der Waals surface area contributed by atoms with Crippen LogP contribution in [0.4, 0.5) is 11.4 Å². The third-order valence-corrected chi connectivity index (χ3v) is 6.53. The lowest BCUT2D eigenvalue weighted by molar-refractivity contribution is -0.117. The van der Waals surface area contributed by atoms with Crippen molar-refractivity contribution in [1.82, 2.24) is 15.5 Å². The van der Waals surface area contributed by atoms with Crippen molar-refractivity contribution in [3.05, 3.63) is 41.2 Å². The smallest absolute Gasteiger partial charge is 0.227 e. The Morgan fingerprint density at radius 3 is 2.75 bits per heavy atom. The van der Waals surface area contributed by atoms with E-state index >= 15 is 0 Å². The van der Waals surface area contributed by atoms with Crippen LogP contribution in [-0.2, 0) is 24.2 Å². The predicted octanol–water partition coefficient (Wildman–Crippen LogP) is 2.78. The Kier molecular flexibility index (Phi) is 4.81. The number of aromatic nitrogens is 2. The summed E-state index contributed by atoms with van der Waals surface area (Å²) in [5.74, 6) is 0.255. The second kappa shape index (κ2) is 7.59. The maximum absolute atomic E-state index is 12.0. The van der Waals surface area contributed by atoms with E-state index < -0.39 is 0 Å². The molecular weight excluding hydrogens is 350 g/mol. The summed E-state index contributed by atoms with van der Waals surface area (Å²) in [6.07, 6.45) is 7.52. The van der Waals surface area contributed by atoms with Gasteiger partial charge in [0, 0.05) is 55.7 Å². The fraction of sp³-hybridized carbons (Fsp3) is 0.545. The fourth-order valence-electron chi connectivity index (χ4n) is 4.90. The molecule has 3 heterocycles. The lowest BCUT2D eigenvalue weighted by atomic mass is 10.0. The molecule has 6 nitrogen and oxygen atoms in total. The molecule has 0 unspecified atom stereocenters. The van der Waals surface area contributed by atoms with Crippen molar-refractivity contribution in [3.8, 4) is 0 Å². The number of aryl methyl sites for hydroxylation is 1. The molecule has 0 spiro atoms. The van der Waals surface area contributed by atoms with Crippen LogP contribution >= 0.6 is 0 Å². The van der Waals surface area contributed by atoms with Gasteiger partial charge in [-0.3, -0.25) is 9.89 Å². The summed E-state index contributed by atoms with van der Waals surface area (Å²) in [7, 11) is 0. The number of rotatable bonds is 5. The maximum Gasteiger partial charge on any atom is 0.227 e. The number of aromatic amines is 1. The number of amides is 1. The van der Waals surface area contributed by atoms with E-state index in [1.54, 1.807) is 0 Å². The van der Waals surface area contributed by atoms with Gasteiger partial charge in [-0.15, -0.1) is 0 Å². The molecule has 0 saturated carbocycles. The first-order valence-electron chi connectivity index (χ1n) is 10.7. The Morgan fingerprint density at radius 2 is 1.93 bits per heavy atom. The molecule has 1 aliphatic carbocycles. The number of benzene rings is 1. The SMILES string of the molecule is O=C1CCCN1c1cccc(N2CCC(NCc3n[nH]c4c3CCC4)CC2)c1. The minimum Gasteiger partial charge on any atom is -0.371 e. The highest BCUT2D eigenvalue weighted by Gasteiger charge is 2.24. The number of carbonyl (C=O) groups is 1. The Balaban J connectivity index is 1.16. The van der Waals surface area contributed by atoms with Crippen LogP contribution in [0.2, 0.25) is 0 Å². The van der Waals surface area contributed by atoms with Crippen molar-refractivity contribution in [2.24, 2.45) is 0 Å². The summed E-state index contributed by atoms with van der Waals surface area (Å²) in [4.78, 5) is 16.4. The van der Waals surface area contributed by atoms with Gasteiger partial charge >= 0.3 is 0 Å². The lowest BCUT2D eigenvalue weighted by Gasteiger charge is -2.34. The molecular formula is C22H29N5O. The van der Waals surface area contributed by atoms with E-state index in [-0.39, 0.29) is 5.91 Å². The summed E-state index contributed by atoms with van der Waals surface area (Å²) in [6, 6.07) is 9.05. The van der Waals surface area contributed by atoms with Crippen molar-refractivity contribution in [1.29, 1.82) is 0 Å². The number of nitrogens with one attached hydrogen (secondary N) is 2. The van der Waals surface area contributed by atoms with Crippen LogP contribution in [0.1, 0.15) is 49.1 Å². The zero-order valence-corrected chi connectivity index (χ0v) is 16.4. The van der Waals surface area contributed by atoms with Gasteiger partial charge in [0.1, 0.15) is 0 Å². The van der Waals surface area contributed by atoms with Crippen LogP contribution in [0.25, 0.3) is 0 Å². The normalized spacial score (nSPS) is 20.2. The molecule has 3 aliphatic rings. The van der Waals surface area contributed by atoms with Gasteiger partial charge in [-0.25, -0.2) is 0 Å². The van der Waals surface area contributed by atoms with Crippen LogP contribution in [0.15, 0.2) is 24.3 Å². The zero-order chi connectivity index (χ0) is 18.9. The number of nitrogens with zero attached hydrogens (tertiary/aromatic N) is 3. The molecule has 148 valence electrons. The molecule has 2 aliphatic heterocycles. The van der Waals surface area contributed by atoms with Crippen LogP contribution in [0.5, 0.6) is 0 Å². The van der Waals surface area contributed by atoms with Gasteiger partial charge in [0.05, 0.1) is 5.69 Å². The molecule has 5 rings (SSSR count). The summed E-state index contributed by atoms with van der Waals surface area (Å²) in [6.45, 7) is 3.83. The van der Waals surface area contributed by atoms with E-state index in [9.17, 15) is 4.79 Å². The first-order chi connectivity index (χ1) is 13.8. The van der Waals surface area contributed by atoms with Crippen molar-refractivity contribution in [3.63, 3.8) is 0 Å². The average molecular weight is 380 g/mol. The topological polar surface area (TPSA) is 64.3 Å². The van der Waals surface area contributed by atoms with E-state index in [1.165, 1.54) is 35.5 Å². The van der Waals surface area contributed by atoms with Crippen molar-refractivity contribution in [2.45, 2.75) is 57.5 Å². The number of carbonyl (C=O) groups excluding carboxylic acids is 1. The average Bonchev–Trinajstić information content (AvgIpc) is 3.45. The van der Waals surface area contributed by atoms with Crippen LogP contribution in [-0.4, -0.2) is 41.8 Å². The van der Waals surface area contributed by atoms with E-state index in [2.05, 4.69) is 44.7 Å². The fourth-order valence-corrected chi connectivity index (χ4v) is 4.90. The van der Waals surface area contributed by atoms with Crippen LogP contribution in [0.3, 0.4) is 0 Å². The van der Waals surface area contributed by atoms with Gasteiger partial charge in [0.15, 0.2) is 0 Å². The van der Waals surface area contributed by atoms with Crippen molar-refractivity contribution in [2.75, 3.05) is 29.4 Å². The zero-order valence-electron chi connectivity index (χ0n) is 16.4. The summed E-state index contributed by atoms with van der Waals surface area (Å²) < 4.78 is 0. The van der Waals surface area contributed by atoms with Gasteiger partial charge in [0.2, 0.25) is 5.91 Å². The van der Waals surface area contributed by atoms with E-state index in [0.717, 1.165) is 57.5 Å².